The summed E-state index contributed by atoms with van der Waals surface area (Å²) in [6, 6.07) is 0. The van der Waals surface area contributed by atoms with Crippen molar-refractivity contribution in [1.82, 2.24) is 0 Å². The van der Waals surface area contributed by atoms with Gasteiger partial charge in [-0.1, -0.05) is 0 Å². The molecule has 0 aliphatic carbocycles. The Kier molecular flexibility index (Phi) is 2.94. The number of ether oxygens (including phenoxy) is 2. The minimum absolute atomic E-state index is 0.157. The lowest BCUT2D eigenvalue weighted by Gasteiger charge is -2.28. The summed E-state index contributed by atoms with van der Waals surface area (Å²) in [7, 11) is 0. The molecule has 2 atom stereocenters. The molecular formula is C8H12O4. The Morgan fingerprint density at radius 2 is 1.33 bits per heavy atom. The molecule has 1 aliphatic heterocycles. The van der Waals surface area contributed by atoms with Gasteiger partial charge in [-0.2, -0.15) is 0 Å². The second-order valence-corrected chi connectivity index (χ2v) is 2.80. The van der Waals surface area contributed by atoms with Crippen LogP contribution in [0.2, 0.25) is 0 Å². The van der Waals surface area contributed by atoms with Gasteiger partial charge >= 0.3 is 0 Å². The summed E-state index contributed by atoms with van der Waals surface area (Å²) in [6.07, 6.45) is -1.40. The van der Waals surface area contributed by atoms with Crippen LogP contribution in [0.15, 0.2) is 0 Å². The Hall–Kier alpha value is -0.740. The Morgan fingerprint density at radius 1 is 1.00 bits per heavy atom. The van der Waals surface area contributed by atoms with Gasteiger partial charge in [0, 0.05) is 0 Å². The summed E-state index contributed by atoms with van der Waals surface area (Å²) < 4.78 is 10.2. The van der Waals surface area contributed by atoms with Crippen molar-refractivity contribution in [2.75, 3.05) is 13.2 Å². The van der Waals surface area contributed by atoms with Crippen LogP contribution in [0.25, 0.3) is 0 Å². The molecule has 0 aromatic carbocycles. The highest BCUT2D eigenvalue weighted by atomic mass is 16.6. The molecular weight excluding hydrogens is 160 g/mol. The maximum absolute atomic E-state index is 11.0. The molecule has 1 heterocycles. The highest BCUT2D eigenvalue weighted by Crippen LogP contribution is 2.11. The third-order valence-corrected chi connectivity index (χ3v) is 1.75. The summed E-state index contributed by atoms with van der Waals surface area (Å²) in [5.74, 6) is -0.315. The number of rotatable bonds is 2. The topological polar surface area (TPSA) is 52.6 Å². The number of ketones is 2. The number of hydrogen-bond donors (Lipinski definition) is 0. The molecule has 0 N–H and O–H groups in total. The second-order valence-electron chi connectivity index (χ2n) is 2.80. The minimum atomic E-state index is -0.698. The smallest absolute Gasteiger partial charge is 0.161 e. The standard InChI is InChI=1S/C8H12O4/c1-5(9)7-8(6(2)10)12-4-3-11-7/h7-8H,3-4H2,1-2H3. The fourth-order valence-electron chi connectivity index (χ4n) is 1.19. The lowest BCUT2D eigenvalue weighted by molar-refractivity contribution is -0.169. The molecule has 0 aromatic rings. The third-order valence-electron chi connectivity index (χ3n) is 1.75. The van der Waals surface area contributed by atoms with E-state index >= 15 is 0 Å². The SMILES string of the molecule is CC(=O)C1OCCOC1C(C)=O. The van der Waals surface area contributed by atoms with Crippen molar-refractivity contribution in [3.63, 3.8) is 0 Å². The Bertz CT molecular complexity index is 177. The average Bonchev–Trinajstić information content (AvgIpc) is 2.04. The average molecular weight is 172 g/mol. The summed E-state index contributed by atoms with van der Waals surface area (Å²) in [5, 5.41) is 0. The predicted octanol–water partition coefficient (Wildman–Crippen LogP) is -0.0516. The molecule has 0 aromatic heterocycles. The maximum Gasteiger partial charge on any atom is 0.161 e. The summed E-state index contributed by atoms with van der Waals surface area (Å²) in [6.45, 7) is 3.56. The van der Waals surface area contributed by atoms with E-state index in [2.05, 4.69) is 0 Å². The van der Waals surface area contributed by atoms with Gasteiger partial charge in [0.05, 0.1) is 13.2 Å². The van der Waals surface area contributed by atoms with E-state index in [0.717, 1.165) is 0 Å². The van der Waals surface area contributed by atoms with Crippen molar-refractivity contribution >= 4 is 11.6 Å². The first-order chi connectivity index (χ1) is 5.63. The van der Waals surface area contributed by atoms with Gasteiger partial charge in [-0.05, 0) is 13.8 Å². The van der Waals surface area contributed by atoms with Gasteiger partial charge in [0.25, 0.3) is 0 Å². The molecule has 1 rings (SSSR count). The van der Waals surface area contributed by atoms with E-state index in [1.807, 2.05) is 0 Å². The molecule has 0 amide bonds. The lowest BCUT2D eigenvalue weighted by atomic mass is 10.1. The molecule has 0 bridgehead atoms. The van der Waals surface area contributed by atoms with E-state index in [4.69, 9.17) is 9.47 Å². The van der Waals surface area contributed by atoms with Crippen molar-refractivity contribution in [2.24, 2.45) is 0 Å². The highest BCUT2D eigenvalue weighted by molar-refractivity contribution is 5.91. The first-order valence-electron chi connectivity index (χ1n) is 3.87. The van der Waals surface area contributed by atoms with Crippen molar-refractivity contribution in [1.29, 1.82) is 0 Å². The predicted molar refractivity (Wildman–Crippen MR) is 40.8 cm³/mol. The fourth-order valence-corrected chi connectivity index (χ4v) is 1.19. The molecule has 68 valence electrons. The van der Waals surface area contributed by atoms with Crippen molar-refractivity contribution in [2.45, 2.75) is 26.1 Å². The highest BCUT2D eigenvalue weighted by Gasteiger charge is 2.33. The normalized spacial score (nSPS) is 29.8. The molecule has 4 nitrogen and oxygen atoms in total. The number of hydrogen-bond acceptors (Lipinski definition) is 4. The van der Waals surface area contributed by atoms with Gasteiger partial charge in [0.2, 0.25) is 0 Å². The zero-order valence-corrected chi connectivity index (χ0v) is 7.20. The van der Waals surface area contributed by atoms with Crippen LogP contribution in [0.5, 0.6) is 0 Å². The van der Waals surface area contributed by atoms with E-state index < -0.39 is 12.2 Å². The number of carbonyl (C=O) groups is 2. The molecule has 1 fully saturated rings. The Labute approximate surface area is 70.8 Å². The van der Waals surface area contributed by atoms with Gasteiger partial charge in [0.1, 0.15) is 12.2 Å². The molecule has 0 radical (unpaired) electrons. The van der Waals surface area contributed by atoms with E-state index in [1.54, 1.807) is 0 Å². The third kappa shape index (κ3) is 1.89. The van der Waals surface area contributed by atoms with E-state index in [-0.39, 0.29) is 11.6 Å². The van der Waals surface area contributed by atoms with Crippen LogP contribution in [-0.4, -0.2) is 37.0 Å². The maximum atomic E-state index is 11.0. The van der Waals surface area contributed by atoms with Gasteiger partial charge in [0.15, 0.2) is 11.6 Å². The van der Waals surface area contributed by atoms with E-state index in [9.17, 15) is 9.59 Å². The van der Waals surface area contributed by atoms with Crippen LogP contribution in [0.1, 0.15) is 13.8 Å². The molecule has 1 saturated heterocycles. The molecule has 4 heteroatoms. The van der Waals surface area contributed by atoms with Crippen LogP contribution in [-0.2, 0) is 19.1 Å². The molecule has 12 heavy (non-hydrogen) atoms. The van der Waals surface area contributed by atoms with Crippen LogP contribution in [0.3, 0.4) is 0 Å². The summed E-state index contributed by atoms with van der Waals surface area (Å²) in [5.41, 5.74) is 0. The van der Waals surface area contributed by atoms with Gasteiger partial charge in [-0.15, -0.1) is 0 Å². The first-order valence-corrected chi connectivity index (χ1v) is 3.87. The van der Waals surface area contributed by atoms with Crippen molar-refractivity contribution in [3.05, 3.63) is 0 Å². The number of Topliss-reactive ketones (excluding diaryl/α,β-unsaturated/α-hetero) is 2. The summed E-state index contributed by atoms with van der Waals surface area (Å²) in [4.78, 5) is 21.9. The lowest BCUT2D eigenvalue weighted by Crippen LogP contribution is -2.46. The van der Waals surface area contributed by atoms with Crippen molar-refractivity contribution < 1.29 is 19.1 Å². The monoisotopic (exact) mass is 172 g/mol. The zero-order valence-electron chi connectivity index (χ0n) is 7.20. The molecule has 0 spiro atoms. The first kappa shape index (κ1) is 9.35. The van der Waals surface area contributed by atoms with Crippen LogP contribution in [0, 0.1) is 0 Å². The van der Waals surface area contributed by atoms with Crippen LogP contribution < -0.4 is 0 Å². The van der Waals surface area contributed by atoms with Crippen LogP contribution >= 0.6 is 0 Å². The molecule has 2 unspecified atom stereocenters. The second kappa shape index (κ2) is 3.78. The van der Waals surface area contributed by atoms with Crippen molar-refractivity contribution in [3.8, 4) is 0 Å². The number of carbonyl (C=O) groups excluding carboxylic acids is 2. The van der Waals surface area contributed by atoms with Crippen LogP contribution in [0.4, 0.5) is 0 Å². The minimum Gasteiger partial charge on any atom is -0.365 e. The Morgan fingerprint density at radius 3 is 1.58 bits per heavy atom. The van der Waals surface area contributed by atoms with E-state index in [0.29, 0.717) is 13.2 Å². The van der Waals surface area contributed by atoms with Gasteiger partial charge in [-0.25, -0.2) is 0 Å². The van der Waals surface area contributed by atoms with Gasteiger partial charge < -0.3 is 9.47 Å². The largest absolute Gasteiger partial charge is 0.365 e. The Balaban J connectivity index is 2.67. The fraction of sp³-hybridized carbons (Fsp3) is 0.750. The van der Waals surface area contributed by atoms with Gasteiger partial charge in [-0.3, -0.25) is 9.59 Å². The van der Waals surface area contributed by atoms with E-state index in [1.165, 1.54) is 13.8 Å². The zero-order chi connectivity index (χ0) is 9.14. The molecule has 1 aliphatic rings. The summed E-state index contributed by atoms with van der Waals surface area (Å²) >= 11 is 0. The quantitative estimate of drug-likeness (QED) is 0.586. The molecule has 0 saturated carbocycles.